The maximum Gasteiger partial charge on any atom is 0.251 e. The molecule has 4 rings (SSSR count). The van der Waals surface area contributed by atoms with Crippen LogP contribution in [0.15, 0.2) is 40.5 Å². The van der Waals surface area contributed by atoms with Crippen LogP contribution in [0.25, 0.3) is 11.0 Å². The van der Waals surface area contributed by atoms with Gasteiger partial charge in [-0.1, -0.05) is 18.7 Å². The fourth-order valence-electron chi connectivity index (χ4n) is 3.47. The molecule has 1 aromatic carbocycles. The number of ether oxygens (including phenoxy) is 1. The summed E-state index contributed by atoms with van der Waals surface area (Å²) in [5, 5.41) is 13.9. The Hall–Kier alpha value is -2.74. The average molecular weight is 492 g/mol. The monoisotopic (exact) mass is 491 g/mol. The van der Waals surface area contributed by atoms with E-state index in [4.69, 9.17) is 14.9 Å². The molecule has 0 spiro atoms. The maximum absolute atomic E-state index is 12.4. The number of primary sulfonamides is 1. The maximum atomic E-state index is 12.4. The van der Waals surface area contributed by atoms with E-state index in [1.165, 1.54) is 24.3 Å². The summed E-state index contributed by atoms with van der Waals surface area (Å²) in [6.45, 7) is 5.61. The Morgan fingerprint density at radius 1 is 1.21 bits per heavy atom. The lowest BCUT2D eigenvalue weighted by Crippen LogP contribution is -2.37. The summed E-state index contributed by atoms with van der Waals surface area (Å²) in [4.78, 5) is 24.0. The first kappa shape index (κ1) is 23.4. The Bertz CT molecular complexity index is 1240. The van der Waals surface area contributed by atoms with Crippen LogP contribution in [0, 0.1) is 0 Å². The van der Waals surface area contributed by atoms with E-state index in [0.29, 0.717) is 42.7 Å². The van der Waals surface area contributed by atoms with E-state index in [2.05, 4.69) is 27.2 Å². The number of rotatable bonds is 8. The number of amides is 1. The number of aromatic nitrogens is 4. The predicted octanol–water partition coefficient (Wildman–Crippen LogP) is 0.852. The van der Waals surface area contributed by atoms with Crippen LogP contribution < -0.4 is 15.4 Å². The smallest absolute Gasteiger partial charge is 0.251 e. The Labute approximate surface area is 195 Å². The van der Waals surface area contributed by atoms with Crippen molar-refractivity contribution in [2.24, 2.45) is 5.14 Å². The van der Waals surface area contributed by atoms with Crippen molar-refractivity contribution in [3.8, 4) is 0 Å². The summed E-state index contributed by atoms with van der Waals surface area (Å²) in [5.74, 6) is 1.38. The molecule has 13 heteroatoms. The van der Waals surface area contributed by atoms with Gasteiger partial charge in [0.1, 0.15) is 5.82 Å². The van der Waals surface area contributed by atoms with Crippen LogP contribution in [-0.4, -0.2) is 72.7 Å². The number of nitrogens with two attached hydrogens (primary N) is 1. The van der Waals surface area contributed by atoms with Crippen LogP contribution >= 0.6 is 11.8 Å². The minimum Gasteiger partial charge on any atom is -0.378 e. The number of anilines is 1. The molecule has 3 aromatic rings. The van der Waals surface area contributed by atoms with Gasteiger partial charge in [0.25, 0.3) is 5.91 Å². The summed E-state index contributed by atoms with van der Waals surface area (Å²) in [6, 6.07) is 5.47. The molecule has 1 aliphatic rings. The molecular weight excluding hydrogens is 466 g/mol. The third-order valence-corrected chi connectivity index (χ3v) is 6.75. The molecule has 1 saturated heterocycles. The zero-order chi connectivity index (χ0) is 23.4. The SMILES string of the molecule is CCSc1nc(N2CCOCC2)c2cnn(CCNC(=O)c3ccc(S(N)(=O)=O)cc3)c2n1. The molecule has 1 amide bonds. The minimum atomic E-state index is -3.80. The van der Waals surface area contributed by atoms with Crippen molar-refractivity contribution in [1.82, 2.24) is 25.1 Å². The first-order valence-corrected chi connectivity index (χ1v) is 13.0. The quantitative estimate of drug-likeness (QED) is 0.346. The van der Waals surface area contributed by atoms with Gasteiger partial charge in [-0.3, -0.25) is 4.79 Å². The van der Waals surface area contributed by atoms with Crippen molar-refractivity contribution in [3.05, 3.63) is 36.0 Å². The molecule has 0 unspecified atom stereocenters. The highest BCUT2D eigenvalue weighted by atomic mass is 32.2. The molecule has 0 saturated carbocycles. The van der Waals surface area contributed by atoms with Gasteiger partial charge >= 0.3 is 0 Å². The third kappa shape index (κ3) is 5.43. The van der Waals surface area contributed by atoms with Gasteiger partial charge in [0.15, 0.2) is 10.8 Å². The predicted molar refractivity (Wildman–Crippen MR) is 125 cm³/mol. The molecule has 3 heterocycles. The van der Waals surface area contributed by atoms with Gasteiger partial charge in [0, 0.05) is 25.2 Å². The topological polar surface area (TPSA) is 145 Å². The van der Waals surface area contributed by atoms with Crippen molar-refractivity contribution in [3.63, 3.8) is 0 Å². The second kappa shape index (κ2) is 10.0. The molecule has 0 bridgehead atoms. The van der Waals surface area contributed by atoms with Crippen molar-refractivity contribution < 1.29 is 17.9 Å². The zero-order valence-corrected chi connectivity index (χ0v) is 19.7. The van der Waals surface area contributed by atoms with Gasteiger partial charge in [-0.05, 0) is 30.0 Å². The number of carbonyl (C=O) groups excluding carboxylic acids is 1. The van der Waals surface area contributed by atoms with E-state index >= 15 is 0 Å². The summed E-state index contributed by atoms with van der Waals surface area (Å²) in [6.07, 6.45) is 1.76. The number of fused-ring (bicyclic) bond motifs is 1. The van der Waals surface area contributed by atoms with E-state index < -0.39 is 10.0 Å². The van der Waals surface area contributed by atoms with E-state index in [0.717, 1.165) is 30.0 Å². The van der Waals surface area contributed by atoms with Crippen molar-refractivity contribution in [2.45, 2.75) is 23.5 Å². The summed E-state index contributed by atoms with van der Waals surface area (Å²) in [7, 11) is -3.80. The number of nitrogens with zero attached hydrogens (tertiary/aromatic N) is 5. The lowest BCUT2D eigenvalue weighted by molar-refractivity contribution is 0.0952. The van der Waals surface area contributed by atoms with Crippen molar-refractivity contribution >= 4 is 44.5 Å². The Morgan fingerprint density at radius 2 is 1.94 bits per heavy atom. The van der Waals surface area contributed by atoms with E-state index in [1.54, 1.807) is 22.6 Å². The van der Waals surface area contributed by atoms with Gasteiger partial charge in [-0.15, -0.1) is 0 Å². The van der Waals surface area contributed by atoms with Gasteiger partial charge in [0.05, 0.1) is 36.2 Å². The van der Waals surface area contributed by atoms with Crippen LogP contribution in [0.5, 0.6) is 0 Å². The zero-order valence-electron chi connectivity index (χ0n) is 18.1. The molecule has 3 N–H and O–H groups in total. The van der Waals surface area contributed by atoms with Gasteiger partial charge < -0.3 is 15.0 Å². The molecule has 1 aliphatic heterocycles. The molecular formula is C20H25N7O4S2. The number of hydrogen-bond donors (Lipinski definition) is 2. The Kier molecular flexibility index (Phi) is 7.12. The fraction of sp³-hybridized carbons (Fsp3) is 0.400. The summed E-state index contributed by atoms with van der Waals surface area (Å²) in [5.41, 5.74) is 1.06. The molecule has 0 atom stereocenters. The highest BCUT2D eigenvalue weighted by molar-refractivity contribution is 7.99. The highest BCUT2D eigenvalue weighted by Gasteiger charge is 2.20. The number of hydrogen-bond acceptors (Lipinski definition) is 9. The average Bonchev–Trinajstić information content (AvgIpc) is 3.21. The van der Waals surface area contributed by atoms with Gasteiger partial charge in [-0.25, -0.2) is 28.2 Å². The third-order valence-electron chi connectivity index (χ3n) is 5.09. The number of sulfonamides is 1. The standard InChI is InChI=1S/C20H25N7O4S2/c1-2-32-20-24-17(26-9-11-31-12-10-26)16-13-23-27(18(16)25-20)8-7-22-19(28)14-3-5-15(6-4-14)33(21,29)30/h3-6,13H,2,7-12H2,1H3,(H,22,28)(H2,21,29,30). The molecule has 33 heavy (non-hydrogen) atoms. The summed E-state index contributed by atoms with van der Waals surface area (Å²) < 4.78 is 29.9. The number of thioether (sulfide) groups is 1. The van der Waals surface area contributed by atoms with Gasteiger partial charge in [0.2, 0.25) is 10.0 Å². The minimum absolute atomic E-state index is 0.0430. The molecule has 11 nitrogen and oxygen atoms in total. The Balaban J connectivity index is 1.48. The van der Waals surface area contributed by atoms with Crippen LogP contribution in [0.4, 0.5) is 5.82 Å². The highest BCUT2D eigenvalue weighted by Crippen LogP contribution is 2.27. The lowest BCUT2D eigenvalue weighted by atomic mass is 10.2. The van der Waals surface area contributed by atoms with Gasteiger partial charge in [-0.2, -0.15) is 5.10 Å². The molecule has 0 radical (unpaired) electrons. The van der Waals surface area contributed by atoms with Crippen molar-refractivity contribution in [1.29, 1.82) is 0 Å². The molecule has 1 fully saturated rings. The first-order valence-electron chi connectivity index (χ1n) is 10.5. The second-order valence-electron chi connectivity index (χ2n) is 7.29. The largest absolute Gasteiger partial charge is 0.378 e. The normalized spacial score (nSPS) is 14.5. The molecule has 2 aromatic heterocycles. The molecule has 0 aliphatic carbocycles. The van der Waals surface area contributed by atoms with Crippen LogP contribution in [0.2, 0.25) is 0 Å². The second-order valence-corrected chi connectivity index (χ2v) is 10.1. The Morgan fingerprint density at radius 3 is 2.61 bits per heavy atom. The van der Waals surface area contributed by atoms with E-state index in [1.807, 2.05) is 0 Å². The number of nitrogens with one attached hydrogen (secondary N) is 1. The number of morpholine rings is 1. The number of carbonyl (C=O) groups is 1. The first-order chi connectivity index (χ1) is 15.9. The summed E-state index contributed by atoms with van der Waals surface area (Å²) >= 11 is 1.57. The van der Waals surface area contributed by atoms with E-state index in [-0.39, 0.29) is 10.8 Å². The van der Waals surface area contributed by atoms with Crippen molar-refractivity contribution in [2.75, 3.05) is 43.5 Å². The lowest BCUT2D eigenvalue weighted by Gasteiger charge is -2.28. The van der Waals surface area contributed by atoms with Crippen LogP contribution in [0.3, 0.4) is 0 Å². The number of benzene rings is 1. The fourth-order valence-corrected chi connectivity index (χ4v) is 4.54. The van der Waals surface area contributed by atoms with Crippen LogP contribution in [0.1, 0.15) is 17.3 Å². The van der Waals surface area contributed by atoms with E-state index in [9.17, 15) is 13.2 Å². The molecule has 176 valence electrons. The van der Waals surface area contributed by atoms with Crippen LogP contribution in [-0.2, 0) is 21.3 Å².